The molecule has 0 rings (SSSR count). The van der Waals surface area contributed by atoms with Gasteiger partial charge >= 0.3 is 0 Å². The van der Waals surface area contributed by atoms with Gasteiger partial charge in [0.25, 0.3) is 0 Å². The van der Waals surface area contributed by atoms with E-state index in [9.17, 15) is 0 Å². The van der Waals surface area contributed by atoms with Gasteiger partial charge in [0.1, 0.15) is 0 Å². The van der Waals surface area contributed by atoms with Gasteiger partial charge in [-0.25, -0.2) is 0 Å². The highest BCUT2D eigenvalue weighted by Crippen LogP contribution is 1.91. The van der Waals surface area contributed by atoms with E-state index < -0.39 is 0 Å². The fraction of sp³-hybridized carbons (Fsp3) is 0.667. The second-order valence-electron chi connectivity index (χ2n) is 2.29. The van der Waals surface area contributed by atoms with Crippen LogP contribution in [0.5, 0.6) is 0 Å². The third kappa shape index (κ3) is 9.03. The van der Waals surface area contributed by atoms with Crippen molar-refractivity contribution in [2.24, 2.45) is 0 Å². The van der Waals surface area contributed by atoms with Crippen LogP contribution in [0.25, 0.3) is 0 Å². The summed E-state index contributed by atoms with van der Waals surface area (Å²) in [7, 11) is 0. The number of hydrogen-bond donors (Lipinski definition) is 0. The Balaban J connectivity index is 2.98. The summed E-state index contributed by atoms with van der Waals surface area (Å²) in [4.78, 5) is 0. The van der Waals surface area contributed by atoms with Crippen molar-refractivity contribution in [1.82, 2.24) is 0 Å². The average molecular weight is 153 g/mol. The lowest BCUT2D eigenvalue weighted by Gasteiger charge is -1.96. The van der Waals surface area contributed by atoms with E-state index in [4.69, 9.17) is 10.00 Å². The largest absolute Gasteiger partial charge is 0.502 e. The molecule has 0 N–H and O–H groups in total. The van der Waals surface area contributed by atoms with Crippen molar-refractivity contribution < 1.29 is 4.74 Å². The van der Waals surface area contributed by atoms with Crippen molar-refractivity contribution >= 4 is 0 Å². The van der Waals surface area contributed by atoms with E-state index in [1.165, 1.54) is 0 Å². The second-order valence-corrected chi connectivity index (χ2v) is 2.29. The highest BCUT2D eigenvalue weighted by molar-refractivity contribution is 4.80. The van der Waals surface area contributed by atoms with Crippen LogP contribution in [0.15, 0.2) is 12.3 Å². The van der Waals surface area contributed by atoms with Gasteiger partial charge in [-0.05, 0) is 18.9 Å². The molecule has 0 aromatic carbocycles. The Hall–Kier alpha value is -0.970. The van der Waals surface area contributed by atoms with E-state index >= 15 is 0 Å². The molecule has 0 aromatic rings. The normalized spacial score (nSPS) is 9.82. The third-order valence-electron chi connectivity index (χ3n) is 1.23. The summed E-state index contributed by atoms with van der Waals surface area (Å²) in [6, 6.07) is 2.06. The Labute approximate surface area is 68.5 Å². The first kappa shape index (κ1) is 10.0. The Morgan fingerprint density at radius 3 is 3.00 bits per heavy atom. The molecule has 11 heavy (non-hydrogen) atoms. The molecule has 0 aromatic heterocycles. The van der Waals surface area contributed by atoms with Crippen LogP contribution in [-0.2, 0) is 4.74 Å². The van der Waals surface area contributed by atoms with Gasteiger partial charge in [0.15, 0.2) is 0 Å². The van der Waals surface area contributed by atoms with E-state index in [0.717, 1.165) is 25.9 Å². The number of allylic oxidation sites excluding steroid dienone is 1. The quantitative estimate of drug-likeness (QED) is 0.434. The fourth-order valence-corrected chi connectivity index (χ4v) is 0.580. The van der Waals surface area contributed by atoms with Crippen LogP contribution in [0.1, 0.15) is 32.6 Å². The molecule has 0 radical (unpaired) electrons. The first-order valence-electron chi connectivity index (χ1n) is 4.05. The van der Waals surface area contributed by atoms with E-state index in [1.807, 2.05) is 6.08 Å². The van der Waals surface area contributed by atoms with Gasteiger partial charge in [0.2, 0.25) is 0 Å². The molecule has 0 amide bonds. The summed E-state index contributed by atoms with van der Waals surface area (Å²) in [5.41, 5.74) is 0. The minimum absolute atomic E-state index is 0.577. The van der Waals surface area contributed by atoms with Gasteiger partial charge in [0.05, 0.1) is 18.9 Å². The molecule has 0 spiro atoms. The highest BCUT2D eigenvalue weighted by Gasteiger charge is 1.80. The lowest BCUT2D eigenvalue weighted by molar-refractivity contribution is 0.242. The van der Waals surface area contributed by atoms with E-state index in [2.05, 4.69) is 13.0 Å². The molecule has 0 bridgehead atoms. The zero-order chi connectivity index (χ0) is 8.36. The van der Waals surface area contributed by atoms with Gasteiger partial charge in [-0.2, -0.15) is 5.26 Å². The number of rotatable bonds is 6. The van der Waals surface area contributed by atoms with Crippen LogP contribution in [0.3, 0.4) is 0 Å². The maximum atomic E-state index is 8.18. The van der Waals surface area contributed by atoms with Crippen LogP contribution in [0.2, 0.25) is 0 Å². The maximum absolute atomic E-state index is 8.18. The minimum atomic E-state index is 0.577. The minimum Gasteiger partial charge on any atom is -0.502 e. The number of nitrogens with zero attached hydrogens (tertiary/aromatic N) is 1. The molecule has 0 heterocycles. The Kier molecular flexibility index (Phi) is 8.23. The SMILES string of the molecule is CCCCOC=CCCC#N. The van der Waals surface area contributed by atoms with Crippen LogP contribution < -0.4 is 0 Å². The summed E-state index contributed by atoms with van der Waals surface area (Å²) in [5.74, 6) is 0. The molecule has 0 aliphatic rings. The molecule has 0 atom stereocenters. The third-order valence-corrected chi connectivity index (χ3v) is 1.23. The number of hydrogen-bond acceptors (Lipinski definition) is 2. The fourth-order valence-electron chi connectivity index (χ4n) is 0.580. The molecule has 2 heteroatoms. The van der Waals surface area contributed by atoms with E-state index in [0.29, 0.717) is 6.42 Å². The molecule has 2 nitrogen and oxygen atoms in total. The van der Waals surface area contributed by atoms with Crippen LogP contribution in [0, 0.1) is 11.3 Å². The van der Waals surface area contributed by atoms with E-state index in [-0.39, 0.29) is 0 Å². The molecule has 0 aliphatic carbocycles. The topological polar surface area (TPSA) is 33.0 Å². The van der Waals surface area contributed by atoms with E-state index in [1.54, 1.807) is 6.26 Å². The lowest BCUT2D eigenvalue weighted by atomic mass is 10.3. The number of nitriles is 1. The van der Waals surface area contributed by atoms with Crippen molar-refractivity contribution in [3.63, 3.8) is 0 Å². The van der Waals surface area contributed by atoms with Crippen molar-refractivity contribution in [3.05, 3.63) is 12.3 Å². The molecule has 0 fully saturated rings. The number of ether oxygens (including phenoxy) is 1. The van der Waals surface area contributed by atoms with Crippen molar-refractivity contribution in [1.29, 1.82) is 5.26 Å². The van der Waals surface area contributed by atoms with Crippen LogP contribution in [-0.4, -0.2) is 6.61 Å². The predicted octanol–water partition coefficient (Wildman–Crippen LogP) is 2.62. The monoisotopic (exact) mass is 153 g/mol. The molecule has 0 aliphatic heterocycles. The first-order valence-corrected chi connectivity index (χ1v) is 4.05. The molecule has 0 saturated heterocycles. The summed E-state index contributed by atoms with van der Waals surface area (Å²) < 4.78 is 5.13. The highest BCUT2D eigenvalue weighted by atomic mass is 16.5. The van der Waals surface area contributed by atoms with Gasteiger partial charge in [-0.3, -0.25) is 0 Å². The predicted molar refractivity (Wildman–Crippen MR) is 44.8 cm³/mol. The average Bonchev–Trinajstić information content (AvgIpc) is 2.03. The molecular formula is C9H15NO. The lowest BCUT2D eigenvalue weighted by Crippen LogP contribution is -1.84. The number of unbranched alkanes of at least 4 members (excludes halogenated alkanes) is 2. The van der Waals surface area contributed by atoms with Crippen molar-refractivity contribution in [2.75, 3.05) is 6.61 Å². The van der Waals surface area contributed by atoms with Crippen LogP contribution >= 0.6 is 0 Å². The molecule has 62 valence electrons. The smallest absolute Gasteiger partial charge is 0.0873 e. The molecule has 0 saturated carbocycles. The Morgan fingerprint density at radius 2 is 2.36 bits per heavy atom. The Morgan fingerprint density at radius 1 is 1.55 bits per heavy atom. The molecular weight excluding hydrogens is 138 g/mol. The van der Waals surface area contributed by atoms with Gasteiger partial charge < -0.3 is 4.74 Å². The molecule has 0 unspecified atom stereocenters. The van der Waals surface area contributed by atoms with Crippen LogP contribution in [0.4, 0.5) is 0 Å². The van der Waals surface area contributed by atoms with Crippen molar-refractivity contribution in [2.45, 2.75) is 32.6 Å². The zero-order valence-electron chi connectivity index (χ0n) is 7.05. The zero-order valence-corrected chi connectivity index (χ0v) is 7.05. The summed E-state index contributed by atoms with van der Waals surface area (Å²) in [6.07, 6.45) is 7.21. The first-order chi connectivity index (χ1) is 5.41. The van der Waals surface area contributed by atoms with Gasteiger partial charge in [-0.15, -0.1) is 0 Å². The van der Waals surface area contributed by atoms with Crippen molar-refractivity contribution in [3.8, 4) is 6.07 Å². The summed E-state index contributed by atoms with van der Waals surface area (Å²) >= 11 is 0. The second kappa shape index (κ2) is 9.03. The maximum Gasteiger partial charge on any atom is 0.0873 e. The summed E-state index contributed by atoms with van der Waals surface area (Å²) in [6.45, 7) is 2.92. The Bertz CT molecular complexity index is 135. The summed E-state index contributed by atoms with van der Waals surface area (Å²) in [5, 5.41) is 8.18. The van der Waals surface area contributed by atoms with Gasteiger partial charge in [-0.1, -0.05) is 13.3 Å². The van der Waals surface area contributed by atoms with Gasteiger partial charge in [0, 0.05) is 6.42 Å². The standard InChI is InChI=1S/C9H15NO/c1-2-3-8-11-9-6-4-5-7-10/h6,9H,2-5,8H2,1H3.